The fourth-order valence-corrected chi connectivity index (χ4v) is 3.37. The number of thiophene rings is 1. The highest BCUT2D eigenvalue weighted by Gasteiger charge is 2.19. The summed E-state index contributed by atoms with van der Waals surface area (Å²) in [4.78, 5) is 25.4. The Morgan fingerprint density at radius 1 is 1.14 bits per heavy atom. The molecule has 3 aromatic rings. The first kappa shape index (κ1) is 19.8. The van der Waals surface area contributed by atoms with Gasteiger partial charge in [0, 0.05) is 19.9 Å². The number of rotatable bonds is 9. The van der Waals surface area contributed by atoms with Gasteiger partial charge in [-0.05, 0) is 17.0 Å². The lowest BCUT2D eigenvalue weighted by molar-refractivity contribution is -0.120. The summed E-state index contributed by atoms with van der Waals surface area (Å²) in [6.45, 7) is 1.29. The van der Waals surface area contributed by atoms with Crippen LogP contribution in [0, 0.1) is 0 Å². The molecule has 8 heteroatoms. The standard InChI is InChI=1S/C20H22N4O3S/c1-27-10-9-21-18(25)12-22-20(26)16-14-24(13-15-6-3-2-4-7-15)23-19(16)17-8-5-11-28-17/h2-8,11,14H,9-10,12-13H2,1H3,(H,21,25)(H,22,26). The molecule has 28 heavy (non-hydrogen) atoms. The molecule has 2 aromatic heterocycles. The lowest BCUT2D eigenvalue weighted by atomic mass is 10.2. The molecule has 0 saturated carbocycles. The summed E-state index contributed by atoms with van der Waals surface area (Å²) in [5.74, 6) is -0.593. The molecule has 0 aliphatic heterocycles. The minimum absolute atomic E-state index is 0.101. The van der Waals surface area contributed by atoms with Crippen molar-refractivity contribution >= 4 is 23.2 Å². The van der Waals surface area contributed by atoms with E-state index in [-0.39, 0.29) is 18.4 Å². The van der Waals surface area contributed by atoms with Crippen LogP contribution in [0.3, 0.4) is 0 Å². The maximum atomic E-state index is 12.7. The maximum absolute atomic E-state index is 12.7. The molecule has 0 bridgehead atoms. The Kier molecular flexibility index (Phi) is 6.94. The molecule has 0 spiro atoms. The molecule has 146 valence electrons. The zero-order chi connectivity index (χ0) is 19.8. The number of aromatic nitrogens is 2. The summed E-state index contributed by atoms with van der Waals surface area (Å²) in [5.41, 5.74) is 2.15. The van der Waals surface area contributed by atoms with E-state index in [1.807, 2.05) is 47.8 Å². The second kappa shape index (κ2) is 9.82. The molecule has 3 rings (SSSR count). The first-order valence-electron chi connectivity index (χ1n) is 8.86. The van der Waals surface area contributed by atoms with Gasteiger partial charge in [-0.2, -0.15) is 5.10 Å². The molecule has 0 atom stereocenters. The first-order valence-corrected chi connectivity index (χ1v) is 9.74. The third-order valence-corrected chi connectivity index (χ3v) is 4.86. The fourth-order valence-electron chi connectivity index (χ4n) is 2.65. The number of carbonyl (C=O) groups is 2. The van der Waals surface area contributed by atoms with Crippen LogP contribution in [0.5, 0.6) is 0 Å². The summed E-state index contributed by atoms with van der Waals surface area (Å²) < 4.78 is 6.63. The smallest absolute Gasteiger partial charge is 0.255 e. The Morgan fingerprint density at radius 2 is 1.96 bits per heavy atom. The molecular formula is C20H22N4O3S. The van der Waals surface area contributed by atoms with E-state index in [0.29, 0.717) is 31.0 Å². The molecular weight excluding hydrogens is 376 g/mol. The second-order valence-corrected chi connectivity index (χ2v) is 7.02. The summed E-state index contributed by atoms with van der Waals surface area (Å²) >= 11 is 1.52. The number of nitrogens with zero attached hydrogens (tertiary/aromatic N) is 2. The van der Waals surface area contributed by atoms with Gasteiger partial charge in [0.1, 0.15) is 5.69 Å². The van der Waals surface area contributed by atoms with Crippen molar-refractivity contribution in [3.05, 3.63) is 65.2 Å². The Labute approximate surface area is 167 Å². The first-order chi connectivity index (χ1) is 13.7. The molecule has 0 saturated heterocycles. The van der Waals surface area contributed by atoms with Crippen LogP contribution in [-0.4, -0.2) is 48.4 Å². The van der Waals surface area contributed by atoms with E-state index >= 15 is 0 Å². The SMILES string of the molecule is COCCNC(=O)CNC(=O)c1cn(Cc2ccccc2)nc1-c1cccs1. The Morgan fingerprint density at radius 3 is 2.68 bits per heavy atom. The number of ether oxygens (including phenoxy) is 1. The fraction of sp³-hybridized carbons (Fsp3) is 0.250. The molecule has 1 aromatic carbocycles. The van der Waals surface area contributed by atoms with E-state index in [1.165, 1.54) is 11.3 Å². The quantitative estimate of drug-likeness (QED) is 0.541. The van der Waals surface area contributed by atoms with Gasteiger partial charge in [-0.25, -0.2) is 0 Å². The average molecular weight is 398 g/mol. The van der Waals surface area contributed by atoms with Gasteiger partial charge in [0.2, 0.25) is 5.91 Å². The molecule has 2 amide bonds. The highest BCUT2D eigenvalue weighted by Crippen LogP contribution is 2.27. The highest BCUT2D eigenvalue weighted by atomic mass is 32.1. The van der Waals surface area contributed by atoms with Gasteiger partial charge in [-0.3, -0.25) is 14.3 Å². The molecule has 0 aliphatic carbocycles. The van der Waals surface area contributed by atoms with Crippen molar-refractivity contribution in [1.29, 1.82) is 0 Å². The van der Waals surface area contributed by atoms with Crippen LogP contribution >= 0.6 is 11.3 Å². The lowest BCUT2D eigenvalue weighted by Gasteiger charge is -2.06. The summed E-state index contributed by atoms with van der Waals surface area (Å²) in [6, 6.07) is 13.8. The van der Waals surface area contributed by atoms with E-state index < -0.39 is 0 Å². The zero-order valence-electron chi connectivity index (χ0n) is 15.6. The highest BCUT2D eigenvalue weighted by molar-refractivity contribution is 7.13. The predicted molar refractivity (Wildman–Crippen MR) is 108 cm³/mol. The number of carbonyl (C=O) groups excluding carboxylic acids is 2. The molecule has 0 radical (unpaired) electrons. The van der Waals surface area contributed by atoms with Gasteiger partial charge in [0.05, 0.1) is 30.1 Å². The minimum atomic E-state index is -0.329. The van der Waals surface area contributed by atoms with Crippen LogP contribution < -0.4 is 10.6 Å². The van der Waals surface area contributed by atoms with Crippen molar-refractivity contribution in [3.8, 4) is 10.6 Å². The van der Waals surface area contributed by atoms with E-state index in [0.717, 1.165) is 10.4 Å². The number of hydrogen-bond acceptors (Lipinski definition) is 5. The average Bonchev–Trinajstić information content (AvgIpc) is 3.37. The summed E-state index contributed by atoms with van der Waals surface area (Å²) in [6.07, 6.45) is 1.72. The van der Waals surface area contributed by atoms with E-state index in [1.54, 1.807) is 18.0 Å². The molecule has 0 unspecified atom stereocenters. The van der Waals surface area contributed by atoms with Gasteiger partial charge in [-0.15, -0.1) is 11.3 Å². The van der Waals surface area contributed by atoms with Gasteiger partial charge >= 0.3 is 0 Å². The zero-order valence-corrected chi connectivity index (χ0v) is 16.4. The van der Waals surface area contributed by atoms with Crippen LogP contribution in [0.25, 0.3) is 10.6 Å². The topological polar surface area (TPSA) is 85.3 Å². The van der Waals surface area contributed by atoms with Gasteiger partial charge in [-0.1, -0.05) is 36.4 Å². The van der Waals surface area contributed by atoms with Crippen molar-refractivity contribution in [2.24, 2.45) is 0 Å². The Bertz CT molecular complexity index is 907. The largest absolute Gasteiger partial charge is 0.383 e. The van der Waals surface area contributed by atoms with Gasteiger partial charge in [0.25, 0.3) is 5.91 Å². The van der Waals surface area contributed by atoms with Crippen LogP contribution in [0.4, 0.5) is 0 Å². The van der Waals surface area contributed by atoms with Crippen molar-refractivity contribution in [1.82, 2.24) is 20.4 Å². The van der Waals surface area contributed by atoms with E-state index in [4.69, 9.17) is 4.74 Å². The van der Waals surface area contributed by atoms with Crippen molar-refractivity contribution < 1.29 is 14.3 Å². The monoisotopic (exact) mass is 398 g/mol. The van der Waals surface area contributed by atoms with Crippen LogP contribution in [0.1, 0.15) is 15.9 Å². The van der Waals surface area contributed by atoms with Crippen molar-refractivity contribution in [3.63, 3.8) is 0 Å². The van der Waals surface area contributed by atoms with Gasteiger partial charge < -0.3 is 15.4 Å². The molecule has 0 fully saturated rings. The number of methoxy groups -OCH3 is 1. The van der Waals surface area contributed by atoms with Crippen molar-refractivity contribution in [2.75, 3.05) is 26.8 Å². The van der Waals surface area contributed by atoms with Crippen LogP contribution in [-0.2, 0) is 16.1 Å². The number of nitrogens with one attached hydrogen (secondary N) is 2. The summed E-state index contributed by atoms with van der Waals surface area (Å²) in [7, 11) is 1.56. The molecule has 0 aliphatic rings. The molecule has 7 nitrogen and oxygen atoms in total. The molecule has 2 heterocycles. The van der Waals surface area contributed by atoms with Crippen molar-refractivity contribution in [2.45, 2.75) is 6.54 Å². The van der Waals surface area contributed by atoms with E-state index in [9.17, 15) is 9.59 Å². The normalized spacial score (nSPS) is 10.6. The second-order valence-electron chi connectivity index (χ2n) is 6.08. The maximum Gasteiger partial charge on any atom is 0.255 e. The van der Waals surface area contributed by atoms with Gasteiger partial charge in [0.15, 0.2) is 0 Å². The number of hydrogen-bond donors (Lipinski definition) is 2. The number of amides is 2. The number of benzene rings is 1. The van der Waals surface area contributed by atoms with Crippen LogP contribution in [0.2, 0.25) is 0 Å². The lowest BCUT2D eigenvalue weighted by Crippen LogP contribution is -2.38. The predicted octanol–water partition coefficient (Wildman–Crippen LogP) is 2.15. The van der Waals surface area contributed by atoms with E-state index in [2.05, 4.69) is 15.7 Å². The van der Waals surface area contributed by atoms with Crippen LogP contribution in [0.15, 0.2) is 54.0 Å². The Hall–Kier alpha value is -2.97. The third kappa shape index (κ3) is 5.28. The Balaban J connectivity index is 1.73. The molecule has 2 N–H and O–H groups in total. The summed E-state index contributed by atoms with van der Waals surface area (Å²) in [5, 5.41) is 11.9. The third-order valence-electron chi connectivity index (χ3n) is 3.99. The minimum Gasteiger partial charge on any atom is -0.383 e.